The van der Waals surface area contributed by atoms with Gasteiger partial charge in [-0.3, -0.25) is 4.40 Å². The Kier molecular flexibility index (Phi) is 4.71. The summed E-state index contributed by atoms with van der Waals surface area (Å²) in [7, 11) is 21.0. The largest absolute Gasteiger partial charge is 0.280 e. The smallest absolute Gasteiger partial charge is 0.258 e. The Labute approximate surface area is 192 Å². The molecule has 5 heterocycles. The van der Waals surface area contributed by atoms with Gasteiger partial charge in [0.1, 0.15) is 6.33 Å². The van der Waals surface area contributed by atoms with Gasteiger partial charge in [0.2, 0.25) is 0 Å². The lowest BCUT2D eigenvalue weighted by molar-refractivity contribution is 0.207. The fourth-order valence-electron chi connectivity index (χ4n) is 4.51. The average molecular weight is 460 g/mol. The van der Waals surface area contributed by atoms with E-state index < -0.39 is 32.4 Å². The molecule has 5 rings (SSSR count). The van der Waals surface area contributed by atoms with Crippen LogP contribution in [0.3, 0.4) is 0 Å². The predicted molar refractivity (Wildman–Crippen MR) is 120 cm³/mol. The number of aromatic nitrogens is 5. The van der Waals surface area contributed by atoms with E-state index in [9.17, 15) is 12.8 Å². The normalized spacial score (nSPS) is 19.7. The average Bonchev–Trinajstić information content (AvgIpc) is 3.37. The quantitative estimate of drug-likeness (QED) is 0.415. The van der Waals surface area contributed by atoms with E-state index in [1.807, 2.05) is 0 Å². The summed E-state index contributed by atoms with van der Waals surface area (Å²) in [6, 6.07) is 0. The highest BCUT2D eigenvalue weighted by atomic mass is 32.2. The molecule has 1 saturated heterocycles. The Morgan fingerprint density at radius 3 is 2.56 bits per heavy atom. The third-order valence-corrected chi connectivity index (χ3v) is 8.51. The van der Waals surface area contributed by atoms with Gasteiger partial charge in [-0.2, -0.15) is 5.10 Å². The molecule has 1 fully saturated rings. The SMILES string of the molecule is [B]C1([B])CC(c2cn3ncnc3c(F)c2C)CC([B])([B])N1S(=O)(=O)c1cnc2sccn12. The van der Waals surface area contributed by atoms with Gasteiger partial charge in [-0.1, -0.05) is 0 Å². The van der Waals surface area contributed by atoms with Gasteiger partial charge >= 0.3 is 0 Å². The van der Waals surface area contributed by atoms with Gasteiger partial charge in [0.25, 0.3) is 10.0 Å². The van der Waals surface area contributed by atoms with Crippen molar-refractivity contribution in [3.63, 3.8) is 0 Å². The number of piperidine rings is 1. The summed E-state index contributed by atoms with van der Waals surface area (Å²) in [4.78, 5) is 8.47. The van der Waals surface area contributed by atoms with E-state index in [0.717, 1.165) is 4.31 Å². The van der Waals surface area contributed by atoms with Gasteiger partial charge < -0.3 is 0 Å². The van der Waals surface area contributed by atoms with Crippen LogP contribution in [0.4, 0.5) is 4.39 Å². The molecule has 0 bridgehead atoms. The van der Waals surface area contributed by atoms with Crippen LogP contribution in [0.25, 0.3) is 10.6 Å². The molecule has 32 heavy (non-hydrogen) atoms. The summed E-state index contributed by atoms with van der Waals surface area (Å²) in [5.41, 5.74) is 0.905. The number of rotatable bonds is 3. The molecule has 0 atom stereocenters. The second kappa shape index (κ2) is 6.94. The monoisotopic (exact) mass is 460 g/mol. The number of hydrogen-bond acceptors (Lipinski definition) is 6. The molecule has 4 aromatic heterocycles. The molecule has 8 radical (unpaired) electrons. The Hall–Kier alpha value is -2.11. The highest BCUT2D eigenvalue weighted by molar-refractivity contribution is 7.89. The maximum absolute atomic E-state index is 14.8. The summed E-state index contributed by atoms with van der Waals surface area (Å²) >= 11 is 1.27. The van der Waals surface area contributed by atoms with Crippen LogP contribution in [0.5, 0.6) is 0 Å². The second-order valence-corrected chi connectivity index (χ2v) is 10.7. The fourth-order valence-corrected chi connectivity index (χ4v) is 7.07. The molecular formula is C17H13B4FN6O2S2. The lowest BCUT2D eigenvalue weighted by Crippen LogP contribution is -2.68. The minimum absolute atomic E-state index is 0.0611. The van der Waals surface area contributed by atoms with Crippen molar-refractivity contribution in [3.8, 4) is 0 Å². The van der Waals surface area contributed by atoms with Crippen molar-refractivity contribution < 1.29 is 12.8 Å². The first kappa shape index (κ1) is 21.7. The maximum Gasteiger partial charge on any atom is 0.258 e. The van der Waals surface area contributed by atoms with Crippen LogP contribution in [-0.2, 0) is 10.0 Å². The van der Waals surface area contributed by atoms with E-state index in [0.29, 0.717) is 16.1 Å². The number of pyridine rings is 1. The van der Waals surface area contributed by atoms with Gasteiger partial charge in [0, 0.05) is 17.8 Å². The van der Waals surface area contributed by atoms with Crippen LogP contribution in [0.1, 0.15) is 29.9 Å². The first-order chi connectivity index (χ1) is 14.9. The molecule has 0 spiro atoms. The summed E-state index contributed by atoms with van der Waals surface area (Å²) < 4.78 is 45.4. The Morgan fingerprint density at radius 1 is 1.19 bits per heavy atom. The Bertz CT molecular complexity index is 1450. The van der Waals surface area contributed by atoms with Gasteiger partial charge in [-0.15, -0.1) is 11.3 Å². The van der Waals surface area contributed by atoms with Crippen molar-refractivity contribution >= 4 is 63.4 Å². The van der Waals surface area contributed by atoms with Crippen molar-refractivity contribution in [2.75, 3.05) is 0 Å². The molecular weight excluding hydrogens is 447 g/mol. The molecule has 4 aromatic rings. The minimum Gasteiger partial charge on any atom is -0.280 e. The zero-order valence-electron chi connectivity index (χ0n) is 16.9. The molecule has 8 nitrogen and oxygen atoms in total. The predicted octanol–water partition coefficient (Wildman–Crippen LogP) is 0.436. The fraction of sp³-hybridized carbons (Fsp3) is 0.353. The van der Waals surface area contributed by atoms with Gasteiger partial charge in [0.05, 0.1) is 37.6 Å². The zero-order chi connectivity index (χ0) is 23.1. The second-order valence-electron chi connectivity index (χ2n) is 8.06. The number of halogens is 1. The molecule has 15 heteroatoms. The lowest BCUT2D eigenvalue weighted by atomic mass is 9.46. The van der Waals surface area contributed by atoms with Crippen LogP contribution in [0.2, 0.25) is 0 Å². The topological polar surface area (TPSA) is 84.9 Å². The van der Waals surface area contributed by atoms with Gasteiger partial charge in [0.15, 0.2) is 21.5 Å². The molecule has 1 aliphatic heterocycles. The Morgan fingerprint density at radius 2 is 1.88 bits per heavy atom. The first-order valence-corrected chi connectivity index (χ1v) is 11.9. The third-order valence-electron chi connectivity index (χ3n) is 5.75. The summed E-state index contributed by atoms with van der Waals surface area (Å²) in [6.45, 7) is 1.59. The van der Waals surface area contributed by atoms with Crippen LogP contribution < -0.4 is 0 Å². The van der Waals surface area contributed by atoms with E-state index in [4.69, 9.17) is 31.4 Å². The van der Waals surface area contributed by atoms with E-state index in [1.54, 1.807) is 24.7 Å². The highest BCUT2D eigenvalue weighted by Crippen LogP contribution is 2.45. The number of hydrogen-bond donors (Lipinski definition) is 0. The van der Waals surface area contributed by atoms with Crippen LogP contribution >= 0.6 is 11.3 Å². The molecule has 154 valence electrons. The Balaban J connectivity index is 1.59. The van der Waals surface area contributed by atoms with Crippen molar-refractivity contribution in [1.82, 2.24) is 28.3 Å². The molecule has 0 saturated carbocycles. The standard InChI is InChI=1S/C17H13B4FN6O2S2/c1-9-11(7-27-14(13(9)22)24-8-25-27)10-4-16(18,19)28(17(20,21)5-10)32(29,30)12-6-23-15-26(12)2-3-31-15/h2-3,6-8,10H,4-5H2,1H3. The molecule has 0 N–H and O–H groups in total. The summed E-state index contributed by atoms with van der Waals surface area (Å²) in [6.07, 6.45) is 5.49. The minimum atomic E-state index is -4.34. The molecule has 0 aliphatic carbocycles. The highest BCUT2D eigenvalue weighted by Gasteiger charge is 2.51. The van der Waals surface area contributed by atoms with Crippen molar-refractivity contribution in [2.45, 2.75) is 41.4 Å². The molecule has 1 aliphatic rings. The number of nitrogens with zero attached hydrogens (tertiary/aromatic N) is 6. The van der Waals surface area contributed by atoms with Crippen LogP contribution in [0, 0.1) is 12.7 Å². The maximum atomic E-state index is 14.8. The molecule has 0 aromatic carbocycles. The van der Waals surface area contributed by atoms with Crippen LogP contribution in [-0.4, -0.2) is 78.8 Å². The molecule has 0 unspecified atom stereocenters. The van der Waals surface area contributed by atoms with Gasteiger partial charge in [-0.05, 0) is 47.5 Å². The van der Waals surface area contributed by atoms with Crippen molar-refractivity contribution in [3.05, 3.63) is 47.2 Å². The van der Waals surface area contributed by atoms with Crippen molar-refractivity contribution in [1.29, 1.82) is 0 Å². The summed E-state index contributed by atoms with van der Waals surface area (Å²) in [5.74, 6) is -1.09. The van der Waals surface area contributed by atoms with E-state index >= 15 is 0 Å². The van der Waals surface area contributed by atoms with Crippen LogP contribution in [0.15, 0.2) is 35.3 Å². The number of sulfonamides is 1. The first-order valence-electron chi connectivity index (χ1n) is 9.53. The third kappa shape index (κ3) is 3.08. The molecule has 0 amide bonds. The number of fused-ring (bicyclic) bond motifs is 2. The lowest BCUT2D eigenvalue weighted by Gasteiger charge is -2.56. The van der Waals surface area contributed by atoms with Crippen molar-refractivity contribution in [2.24, 2.45) is 0 Å². The van der Waals surface area contributed by atoms with Gasteiger partial charge in [-0.25, -0.2) is 31.6 Å². The summed E-state index contributed by atoms with van der Waals surface area (Å²) in [5, 5.41) is 1.60. The van der Waals surface area contributed by atoms with E-state index in [-0.39, 0.29) is 23.5 Å². The van der Waals surface area contributed by atoms with E-state index in [2.05, 4.69) is 15.1 Å². The number of thiazole rings is 1. The van der Waals surface area contributed by atoms with E-state index in [1.165, 1.54) is 32.8 Å². The zero-order valence-corrected chi connectivity index (χ0v) is 18.5. The number of imidazole rings is 1.